The van der Waals surface area contributed by atoms with E-state index in [0.29, 0.717) is 14.8 Å². The number of halogens is 2. The Bertz CT molecular complexity index is 507. The molecule has 0 spiro atoms. The van der Waals surface area contributed by atoms with Gasteiger partial charge in [0, 0.05) is 9.13 Å². The van der Waals surface area contributed by atoms with Gasteiger partial charge in [-0.15, -0.1) is 11.3 Å². The third kappa shape index (κ3) is 2.59. The third-order valence-corrected chi connectivity index (χ3v) is 3.78. The molecule has 0 aliphatic heterocycles. The molecule has 0 bridgehead atoms. The van der Waals surface area contributed by atoms with Gasteiger partial charge in [0.25, 0.3) is 0 Å². The Kier molecular flexibility index (Phi) is 3.43. The maximum Gasteiger partial charge on any atom is 0.203 e. The number of ketones is 1. The lowest BCUT2D eigenvalue weighted by Crippen LogP contribution is -1.98. The van der Waals surface area contributed by atoms with Gasteiger partial charge in [-0.05, 0) is 46.9 Å². The van der Waals surface area contributed by atoms with Crippen LogP contribution in [0.2, 0.25) is 4.34 Å². The third-order valence-electron chi connectivity index (χ3n) is 1.88. The van der Waals surface area contributed by atoms with E-state index in [1.165, 1.54) is 11.3 Å². The van der Waals surface area contributed by atoms with Gasteiger partial charge in [0.15, 0.2) is 0 Å². The van der Waals surface area contributed by atoms with Gasteiger partial charge in [-0.25, -0.2) is 0 Å². The minimum atomic E-state index is 0.0328. The number of rotatable bonds is 2. The summed E-state index contributed by atoms with van der Waals surface area (Å²) in [5.74, 6) is 0.0328. The van der Waals surface area contributed by atoms with E-state index < -0.39 is 0 Å². The molecular weight excluding hydrogens is 343 g/mol. The van der Waals surface area contributed by atoms with Gasteiger partial charge in [-0.2, -0.15) is 0 Å². The predicted octanol–water partition coefficient (Wildman–Crippen LogP) is 4.24. The normalized spacial score (nSPS) is 10.3. The number of carbonyl (C=O) groups is 1. The van der Waals surface area contributed by atoms with Crippen LogP contribution in [0.4, 0.5) is 0 Å². The first-order valence-electron chi connectivity index (χ1n) is 4.22. The van der Waals surface area contributed by atoms with Gasteiger partial charge in [-0.3, -0.25) is 4.79 Å². The Hall–Kier alpha value is -0.390. The maximum absolute atomic E-state index is 12.0. The fourth-order valence-electron chi connectivity index (χ4n) is 1.21. The Balaban J connectivity index is 2.36. The molecule has 76 valence electrons. The minimum absolute atomic E-state index is 0.0328. The molecule has 0 unspecified atom stereocenters. The zero-order chi connectivity index (χ0) is 10.8. The highest BCUT2D eigenvalue weighted by atomic mass is 127. The summed E-state index contributed by atoms with van der Waals surface area (Å²) in [7, 11) is 0. The average molecular weight is 349 g/mol. The van der Waals surface area contributed by atoms with E-state index in [4.69, 9.17) is 11.6 Å². The summed E-state index contributed by atoms with van der Waals surface area (Å²) in [6.45, 7) is 0. The lowest BCUT2D eigenvalue weighted by Gasteiger charge is -1.98. The summed E-state index contributed by atoms with van der Waals surface area (Å²) in [6, 6.07) is 11.0. The van der Waals surface area contributed by atoms with Crippen molar-refractivity contribution in [3.63, 3.8) is 0 Å². The van der Waals surface area contributed by atoms with E-state index >= 15 is 0 Å². The molecular formula is C11H6ClIOS. The molecule has 1 nitrogen and oxygen atoms in total. The van der Waals surface area contributed by atoms with Crippen LogP contribution in [0.15, 0.2) is 36.4 Å². The highest BCUT2D eigenvalue weighted by Gasteiger charge is 2.11. The fraction of sp³-hybridized carbons (Fsp3) is 0. The largest absolute Gasteiger partial charge is 0.288 e. The zero-order valence-electron chi connectivity index (χ0n) is 7.54. The van der Waals surface area contributed by atoms with Crippen LogP contribution in [-0.2, 0) is 0 Å². The first kappa shape index (κ1) is 11.1. The second-order valence-electron chi connectivity index (χ2n) is 2.94. The van der Waals surface area contributed by atoms with Crippen LogP contribution >= 0.6 is 45.5 Å². The highest BCUT2D eigenvalue weighted by Crippen LogP contribution is 2.24. The first-order chi connectivity index (χ1) is 7.16. The van der Waals surface area contributed by atoms with Crippen LogP contribution < -0.4 is 0 Å². The summed E-state index contributed by atoms with van der Waals surface area (Å²) in [5.41, 5.74) is 0.709. The molecule has 0 radical (unpaired) electrons. The molecule has 0 aliphatic rings. The Morgan fingerprint density at radius 3 is 2.67 bits per heavy atom. The van der Waals surface area contributed by atoms with Gasteiger partial charge in [0.1, 0.15) is 0 Å². The lowest BCUT2D eigenvalue weighted by atomic mass is 10.1. The molecule has 0 amide bonds. The van der Waals surface area contributed by atoms with Crippen LogP contribution in [0.3, 0.4) is 0 Å². The molecule has 1 heterocycles. The molecule has 0 saturated heterocycles. The standard InChI is InChI=1S/C11H6ClIOS/c12-10-5-4-9(15-10)11(14)7-2-1-3-8(13)6-7/h1-6H. The molecule has 2 rings (SSSR count). The first-order valence-corrected chi connectivity index (χ1v) is 6.50. The predicted molar refractivity (Wildman–Crippen MR) is 71.9 cm³/mol. The van der Waals surface area contributed by atoms with E-state index in [2.05, 4.69) is 22.6 Å². The van der Waals surface area contributed by atoms with E-state index in [9.17, 15) is 4.79 Å². The molecule has 0 fully saturated rings. The maximum atomic E-state index is 12.0. The lowest BCUT2D eigenvalue weighted by molar-refractivity contribution is 0.104. The smallest absolute Gasteiger partial charge is 0.203 e. The summed E-state index contributed by atoms with van der Waals surface area (Å²) in [6.07, 6.45) is 0. The van der Waals surface area contributed by atoms with Crippen molar-refractivity contribution in [2.45, 2.75) is 0 Å². The monoisotopic (exact) mass is 348 g/mol. The second-order valence-corrected chi connectivity index (χ2v) is 5.90. The van der Waals surface area contributed by atoms with E-state index in [0.717, 1.165) is 3.57 Å². The van der Waals surface area contributed by atoms with Gasteiger partial charge >= 0.3 is 0 Å². The topological polar surface area (TPSA) is 17.1 Å². The number of carbonyl (C=O) groups excluding carboxylic acids is 1. The number of hydrogen-bond acceptors (Lipinski definition) is 2. The van der Waals surface area contributed by atoms with Gasteiger partial charge in [-0.1, -0.05) is 23.7 Å². The molecule has 15 heavy (non-hydrogen) atoms. The van der Waals surface area contributed by atoms with Gasteiger partial charge < -0.3 is 0 Å². The van der Waals surface area contributed by atoms with Crippen LogP contribution in [-0.4, -0.2) is 5.78 Å². The molecule has 0 atom stereocenters. The minimum Gasteiger partial charge on any atom is -0.288 e. The van der Waals surface area contributed by atoms with E-state index in [1.54, 1.807) is 12.1 Å². The molecule has 0 N–H and O–H groups in total. The van der Waals surface area contributed by atoms with Crippen molar-refractivity contribution in [2.75, 3.05) is 0 Å². The number of benzene rings is 1. The Labute approximate surface area is 110 Å². The van der Waals surface area contributed by atoms with Crippen molar-refractivity contribution in [3.05, 3.63) is 54.7 Å². The van der Waals surface area contributed by atoms with Gasteiger partial charge in [0.2, 0.25) is 5.78 Å². The molecule has 0 aliphatic carbocycles. The zero-order valence-corrected chi connectivity index (χ0v) is 11.3. The summed E-state index contributed by atoms with van der Waals surface area (Å²) < 4.78 is 1.70. The number of thiophene rings is 1. The Morgan fingerprint density at radius 1 is 1.27 bits per heavy atom. The van der Waals surface area contributed by atoms with Crippen LogP contribution in [0.25, 0.3) is 0 Å². The summed E-state index contributed by atoms with van der Waals surface area (Å²) >= 11 is 9.29. The van der Waals surface area contributed by atoms with Crippen molar-refractivity contribution in [1.82, 2.24) is 0 Å². The molecule has 0 saturated carbocycles. The average Bonchev–Trinajstić information content (AvgIpc) is 2.64. The fourth-order valence-corrected chi connectivity index (χ4v) is 2.76. The summed E-state index contributed by atoms with van der Waals surface area (Å²) in [4.78, 5) is 12.6. The SMILES string of the molecule is O=C(c1cccc(I)c1)c1ccc(Cl)s1. The van der Waals surface area contributed by atoms with E-state index in [-0.39, 0.29) is 5.78 Å². The van der Waals surface area contributed by atoms with Crippen molar-refractivity contribution >= 4 is 51.3 Å². The van der Waals surface area contributed by atoms with Crippen LogP contribution in [0, 0.1) is 3.57 Å². The molecule has 1 aromatic carbocycles. The van der Waals surface area contributed by atoms with Crippen molar-refractivity contribution in [1.29, 1.82) is 0 Å². The quantitative estimate of drug-likeness (QED) is 0.586. The van der Waals surface area contributed by atoms with Gasteiger partial charge in [0.05, 0.1) is 9.21 Å². The molecule has 2 aromatic rings. The Morgan fingerprint density at radius 2 is 2.07 bits per heavy atom. The second kappa shape index (κ2) is 4.63. The molecule has 1 aromatic heterocycles. The number of hydrogen-bond donors (Lipinski definition) is 0. The van der Waals surface area contributed by atoms with Crippen molar-refractivity contribution < 1.29 is 4.79 Å². The molecule has 4 heteroatoms. The van der Waals surface area contributed by atoms with Crippen molar-refractivity contribution in [2.24, 2.45) is 0 Å². The van der Waals surface area contributed by atoms with Crippen molar-refractivity contribution in [3.8, 4) is 0 Å². The van der Waals surface area contributed by atoms with Crippen LogP contribution in [0.5, 0.6) is 0 Å². The highest BCUT2D eigenvalue weighted by molar-refractivity contribution is 14.1. The van der Waals surface area contributed by atoms with E-state index in [1.807, 2.05) is 24.3 Å². The van der Waals surface area contributed by atoms with Crippen LogP contribution in [0.1, 0.15) is 15.2 Å². The summed E-state index contributed by atoms with van der Waals surface area (Å²) in [5, 5.41) is 0.